The van der Waals surface area contributed by atoms with E-state index in [1.807, 2.05) is 0 Å². The predicted molar refractivity (Wildman–Crippen MR) is 76.3 cm³/mol. The van der Waals surface area contributed by atoms with Gasteiger partial charge < -0.3 is 4.74 Å². The molecule has 0 amide bonds. The molecule has 5 heteroatoms. The van der Waals surface area contributed by atoms with E-state index < -0.39 is 5.76 Å². The maximum absolute atomic E-state index is 12.3. The molecule has 0 saturated carbocycles. The van der Waals surface area contributed by atoms with Crippen molar-refractivity contribution in [3.05, 3.63) is 36.4 Å². The lowest BCUT2D eigenvalue weighted by atomic mass is 10.1. The molecule has 0 N–H and O–H groups in total. The highest BCUT2D eigenvalue weighted by molar-refractivity contribution is 7.99. The van der Waals surface area contributed by atoms with Crippen LogP contribution in [-0.2, 0) is 4.79 Å². The van der Waals surface area contributed by atoms with Crippen molar-refractivity contribution in [2.24, 2.45) is 5.92 Å². The summed E-state index contributed by atoms with van der Waals surface area (Å²) in [5.74, 6) is -2.46. The first-order valence-electron chi connectivity index (χ1n) is 6.16. The van der Waals surface area contributed by atoms with E-state index in [9.17, 15) is 13.6 Å². The minimum Gasteiger partial charge on any atom is -0.426 e. The van der Waals surface area contributed by atoms with Crippen LogP contribution in [0.5, 0.6) is 5.75 Å². The number of fused-ring (bicyclic) bond motifs is 1. The normalized spacial score (nSPS) is 11.3. The van der Waals surface area contributed by atoms with Crippen LogP contribution in [0.4, 0.5) is 8.78 Å². The zero-order chi connectivity index (χ0) is 14.7. The summed E-state index contributed by atoms with van der Waals surface area (Å²) < 4.78 is 29.8. The number of esters is 1. The van der Waals surface area contributed by atoms with Gasteiger partial charge in [-0.3, -0.25) is 4.79 Å². The number of hydrogen-bond donors (Lipinski definition) is 0. The molecule has 2 aromatic rings. The van der Waals surface area contributed by atoms with Gasteiger partial charge in [0.15, 0.2) is 0 Å². The lowest BCUT2D eigenvalue weighted by molar-refractivity contribution is -0.137. The summed E-state index contributed by atoms with van der Waals surface area (Å²) in [7, 11) is 0. The summed E-state index contributed by atoms with van der Waals surface area (Å²) in [5.41, 5.74) is 0. The molecular weight excluding hydrogens is 282 g/mol. The molecule has 0 aliphatic rings. The Morgan fingerprint density at radius 2 is 1.75 bits per heavy atom. The standard InChI is InChI=1S/C15H14F2O2S/c1-9(2)14(18)19-12-5-3-11-8-13(20-15(16)17)6-4-10(11)7-12/h3-9,15H,1-2H3. The third-order valence-electron chi connectivity index (χ3n) is 2.70. The number of alkyl halides is 2. The molecule has 0 aliphatic carbocycles. The third-order valence-corrected chi connectivity index (χ3v) is 3.40. The first-order valence-corrected chi connectivity index (χ1v) is 7.04. The molecule has 0 unspecified atom stereocenters. The molecule has 2 nitrogen and oxygen atoms in total. The molecule has 0 spiro atoms. The Kier molecular flexibility index (Phi) is 4.60. The van der Waals surface area contributed by atoms with Gasteiger partial charge in [0, 0.05) is 4.90 Å². The first kappa shape index (κ1) is 14.8. The van der Waals surface area contributed by atoms with E-state index in [2.05, 4.69) is 0 Å². The Morgan fingerprint density at radius 1 is 1.10 bits per heavy atom. The van der Waals surface area contributed by atoms with Crippen LogP contribution in [0.1, 0.15) is 13.8 Å². The molecule has 0 bridgehead atoms. The molecule has 2 rings (SSSR count). The Bertz CT molecular complexity index is 626. The van der Waals surface area contributed by atoms with Crippen LogP contribution >= 0.6 is 11.8 Å². The Labute approximate surface area is 120 Å². The number of halogens is 2. The highest BCUT2D eigenvalue weighted by Gasteiger charge is 2.10. The number of thioether (sulfide) groups is 1. The van der Waals surface area contributed by atoms with Crippen molar-refractivity contribution >= 4 is 28.5 Å². The maximum atomic E-state index is 12.3. The van der Waals surface area contributed by atoms with E-state index in [0.717, 1.165) is 10.8 Å². The van der Waals surface area contributed by atoms with E-state index in [1.54, 1.807) is 50.2 Å². The molecule has 0 heterocycles. The number of carbonyl (C=O) groups excluding carboxylic acids is 1. The summed E-state index contributed by atoms with van der Waals surface area (Å²) in [5, 5.41) is 1.68. The largest absolute Gasteiger partial charge is 0.426 e. The number of hydrogen-bond acceptors (Lipinski definition) is 3. The van der Waals surface area contributed by atoms with Crippen LogP contribution in [0.25, 0.3) is 10.8 Å². The molecular formula is C15H14F2O2S. The smallest absolute Gasteiger partial charge is 0.313 e. The topological polar surface area (TPSA) is 26.3 Å². The lowest BCUT2D eigenvalue weighted by Crippen LogP contribution is -2.14. The van der Waals surface area contributed by atoms with Gasteiger partial charge in [-0.15, -0.1) is 0 Å². The van der Waals surface area contributed by atoms with Crippen molar-refractivity contribution in [2.45, 2.75) is 24.5 Å². The molecule has 20 heavy (non-hydrogen) atoms. The van der Waals surface area contributed by atoms with E-state index in [1.165, 1.54) is 0 Å². The second-order valence-corrected chi connectivity index (χ2v) is 5.69. The molecule has 0 fully saturated rings. The van der Waals surface area contributed by atoms with E-state index in [4.69, 9.17) is 4.74 Å². The van der Waals surface area contributed by atoms with Gasteiger partial charge in [-0.25, -0.2) is 0 Å². The van der Waals surface area contributed by atoms with Gasteiger partial charge in [0.2, 0.25) is 0 Å². The van der Waals surface area contributed by atoms with Gasteiger partial charge in [-0.1, -0.05) is 37.7 Å². The Morgan fingerprint density at radius 3 is 2.40 bits per heavy atom. The van der Waals surface area contributed by atoms with Crippen molar-refractivity contribution in [1.82, 2.24) is 0 Å². The fourth-order valence-electron chi connectivity index (χ4n) is 1.68. The number of carbonyl (C=O) groups is 1. The van der Waals surface area contributed by atoms with Gasteiger partial charge in [-0.05, 0) is 35.0 Å². The van der Waals surface area contributed by atoms with Crippen molar-refractivity contribution in [3.63, 3.8) is 0 Å². The molecule has 106 valence electrons. The SMILES string of the molecule is CC(C)C(=O)Oc1ccc2cc(SC(F)F)ccc2c1. The minimum absolute atomic E-state index is 0.199. The van der Waals surface area contributed by atoms with Crippen molar-refractivity contribution in [1.29, 1.82) is 0 Å². The summed E-state index contributed by atoms with van der Waals surface area (Å²) in [6.45, 7) is 3.52. The van der Waals surface area contributed by atoms with Gasteiger partial charge in [0.05, 0.1) is 5.92 Å². The maximum Gasteiger partial charge on any atom is 0.313 e. The summed E-state index contributed by atoms with van der Waals surface area (Å²) in [4.78, 5) is 12.0. The van der Waals surface area contributed by atoms with Crippen LogP contribution in [0.15, 0.2) is 41.3 Å². The van der Waals surface area contributed by atoms with Crippen molar-refractivity contribution < 1.29 is 18.3 Å². The highest BCUT2D eigenvalue weighted by Crippen LogP contribution is 2.29. The van der Waals surface area contributed by atoms with Crippen molar-refractivity contribution in [3.8, 4) is 5.75 Å². The predicted octanol–water partition coefficient (Wildman–Crippen LogP) is 4.72. The minimum atomic E-state index is -2.43. The van der Waals surface area contributed by atoms with Gasteiger partial charge in [-0.2, -0.15) is 8.78 Å². The Balaban J connectivity index is 2.25. The highest BCUT2D eigenvalue weighted by atomic mass is 32.2. The van der Waals surface area contributed by atoms with E-state index >= 15 is 0 Å². The first-order chi connectivity index (χ1) is 9.45. The number of benzene rings is 2. The molecule has 0 radical (unpaired) electrons. The molecule has 0 atom stereocenters. The number of ether oxygens (including phenoxy) is 1. The molecule has 0 aromatic heterocycles. The van der Waals surface area contributed by atoms with Crippen LogP contribution in [-0.4, -0.2) is 11.7 Å². The monoisotopic (exact) mass is 296 g/mol. The van der Waals surface area contributed by atoms with Crippen LogP contribution in [0.3, 0.4) is 0 Å². The van der Waals surface area contributed by atoms with Crippen molar-refractivity contribution in [2.75, 3.05) is 0 Å². The van der Waals surface area contributed by atoms with Crippen LogP contribution in [0.2, 0.25) is 0 Å². The Hall–Kier alpha value is -1.62. The fraction of sp³-hybridized carbons (Fsp3) is 0.267. The second-order valence-electron chi connectivity index (χ2n) is 4.63. The molecule has 0 saturated heterocycles. The fourth-order valence-corrected chi connectivity index (χ4v) is 2.22. The van der Waals surface area contributed by atoms with Gasteiger partial charge in [0.1, 0.15) is 5.75 Å². The molecule has 2 aromatic carbocycles. The lowest BCUT2D eigenvalue weighted by Gasteiger charge is -2.08. The quantitative estimate of drug-likeness (QED) is 0.464. The summed E-state index contributed by atoms with van der Waals surface area (Å²) in [6.07, 6.45) is 0. The van der Waals surface area contributed by atoms with Crippen LogP contribution in [0, 0.1) is 5.92 Å². The zero-order valence-electron chi connectivity index (χ0n) is 11.1. The average Bonchev–Trinajstić information content (AvgIpc) is 2.38. The second kappa shape index (κ2) is 6.22. The zero-order valence-corrected chi connectivity index (χ0v) is 11.9. The van der Waals surface area contributed by atoms with Gasteiger partial charge in [0.25, 0.3) is 5.76 Å². The van der Waals surface area contributed by atoms with E-state index in [0.29, 0.717) is 22.4 Å². The van der Waals surface area contributed by atoms with Crippen LogP contribution < -0.4 is 4.74 Å². The number of rotatable bonds is 4. The molecule has 0 aliphatic heterocycles. The average molecular weight is 296 g/mol. The third kappa shape index (κ3) is 3.70. The summed E-state index contributed by atoms with van der Waals surface area (Å²) in [6, 6.07) is 10.2. The van der Waals surface area contributed by atoms with E-state index in [-0.39, 0.29) is 11.9 Å². The van der Waals surface area contributed by atoms with Gasteiger partial charge >= 0.3 is 5.97 Å². The summed E-state index contributed by atoms with van der Waals surface area (Å²) >= 11 is 0.513.